The predicted molar refractivity (Wildman–Crippen MR) is 114 cm³/mol. The second-order valence-electron chi connectivity index (χ2n) is 8.24. The Bertz CT molecular complexity index is 936. The van der Waals surface area contributed by atoms with Gasteiger partial charge in [0.25, 0.3) is 11.8 Å². The zero-order valence-corrected chi connectivity index (χ0v) is 17.2. The first-order chi connectivity index (χ1) is 15.0. The predicted octanol–water partition coefficient (Wildman–Crippen LogP) is 2.76. The van der Waals surface area contributed by atoms with Crippen molar-refractivity contribution >= 4 is 17.7 Å². The summed E-state index contributed by atoms with van der Waals surface area (Å²) in [7, 11) is 0. The summed E-state index contributed by atoms with van der Waals surface area (Å²) in [4.78, 5) is 40.1. The molecule has 0 radical (unpaired) electrons. The Balaban J connectivity index is 1.42. The van der Waals surface area contributed by atoms with E-state index in [2.05, 4.69) is 10.6 Å². The van der Waals surface area contributed by atoms with Crippen LogP contribution < -0.4 is 10.6 Å². The molecule has 0 spiro atoms. The van der Waals surface area contributed by atoms with Crippen LogP contribution in [0.4, 0.5) is 4.39 Å². The second-order valence-corrected chi connectivity index (χ2v) is 8.24. The van der Waals surface area contributed by atoms with Crippen LogP contribution in [0.25, 0.3) is 0 Å². The van der Waals surface area contributed by atoms with Gasteiger partial charge in [0.2, 0.25) is 5.91 Å². The number of amides is 3. The molecule has 0 aromatic heterocycles. The maximum atomic E-state index is 13.2. The number of carbonyl (C=O) groups excluding carboxylic acids is 3. The molecule has 1 saturated heterocycles. The van der Waals surface area contributed by atoms with Gasteiger partial charge in [-0.15, -0.1) is 0 Å². The minimum absolute atomic E-state index is 0.0200. The van der Waals surface area contributed by atoms with Crippen LogP contribution in [0.1, 0.15) is 46.4 Å². The number of nitrogens with one attached hydrogen (secondary N) is 2. The summed E-state index contributed by atoms with van der Waals surface area (Å²) in [5.41, 5.74) is 0.955. The molecule has 1 saturated carbocycles. The Morgan fingerprint density at radius 3 is 2.13 bits per heavy atom. The zero-order chi connectivity index (χ0) is 21.8. The molecule has 6 nitrogen and oxygen atoms in total. The summed E-state index contributed by atoms with van der Waals surface area (Å²) in [6.07, 6.45) is 3.14. The van der Waals surface area contributed by atoms with Crippen LogP contribution in [-0.2, 0) is 4.79 Å². The van der Waals surface area contributed by atoms with Crippen LogP contribution in [0.3, 0.4) is 0 Å². The average molecular weight is 423 g/mol. The van der Waals surface area contributed by atoms with Gasteiger partial charge in [-0.05, 0) is 68.0 Å². The van der Waals surface area contributed by atoms with E-state index in [1.165, 1.54) is 24.3 Å². The zero-order valence-electron chi connectivity index (χ0n) is 17.2. The largest absolute Gasteiger partial charge is 0.352 e. The quantitative estimate of drug-likeness (QED) is 0.750. The van der Waals surface area contributed by atoms with Crippen molar-refractivity contribution in [3.63, 3.8) is 0 Å². The molecule has 3 amide bonds. The van der Waals surface area contributed by atoms with Crippen LogP contribution in [0.5, 0.6) is 0 Å². The smallest absolute Gasteiger partial charge is 0.253 e. The van der Waals surface area contributed by atoms with Crippen molar-refractivity contribution in [2.45, 2.75) is 37.8 Å². The van der Waals surface area contributed by atoms with Gasteiger partial charge in [-0.1, -0.05) is 18.2 Å². The van der Waals surface area contributed by atoms with Gasteiger partial charge in [-0.2, -0.15) is 0 Å². The van der Waals surface area contributed by atoms with E-state index in [1.54, 1.807) is 17.0 Å². The summed E-state index contributed by atoms with van der Waals surface area (Å²) >= 11 is 0. The SMILES string of the molecule is O=C(NC(C(=O)NC1CC1)C1CCN(C(=O)c2ccccc2)CC1)c1ccc(F)cc1. The summed E-state index contributed by atoms with van der Waals surface area (Å²) in [5, 5.41) is 5.84. The normalized spacial score (nSPS) is 17.6. The number of likely N-dealkylation sites (tertiary alicyclic amines) is 1. The molecule has 4 rings (SSSR count). The van der Waals surface area contributed by atoms with Gasteiger partial charge in [-0.25, -0.2) is 4.39 Å². The van der Waals surface area contributed by atoms with Crippen molar-refractivity contribution in [3.05, 3.63) is 71.5 Å². The molecule has 1 aliphatic carbocycles. The van der Waals surface area contributed by atoms with E-state index in [9.17, 15) is 18.8 Å². The molecular weight excluding hydrogens is 397 g/mol. The third-order valence-electron chi connectivity index (χ3n) is 5.92. The minimum atomic E-state index is -0.688. The summed E-state index contributed by atoms with van der Waals surface area (Å²) < 4.78 is 13.2. The van der Waals surface area contributed by atoms with E-state index in [1.807, 2.05) is 18.2 Å². The summed E-state index contributed by atoms with van der Waals surface area (Å²) in [6, 6.07) is 13.9. The fourth-order valence-corrected chi connectivity index (χ4v) is 3.94. The van der Waals surface area contributed by atoms with Crippen molar-refractivity contribution < 1.29 is 18.8 Å². The lowest BCUT2D eigenvalue weighted by atomic mass is 9.88. The first-order valence-electron chi connectivity index (χ1n) is 10.7. The summed E-state index contributed by atoms with van der Waals surface area (Å²) in [6.45, 7) is 1.05. The van der Waals surface area contributed by atoms with Crippen LogP contribution in [-0.4, -0.2) is 47.8 Å². The van der Waals surface area contributed by atoms with Crippen LogP contribution >= 0.6 is 0 Å². The van der Waals surface area contributed by atoms with Gasteiger partial charge >= 0.3 is 0 Å². The highest BCUT2D eigenvalue weighted by Crippen LogP contribution is 2.25. The third kappa shape index (κ3) is 5.29. The lowest BCUT2D eigenvalue weighted by Crippen LogP contribution is -2.54. The number of rotatable bonds is 6. The monoisotopic (exact) mass is 423 g/mol. The Labute approximate surface area is 180 Å². The molecule has 2 aliphatic rings. The highest BCUT2D eigenvalue weighted by molar-refractivity contribution is 5.98. The van der Waals surface area contributed by atoms with Crippen molar-refractivity contribution in [1.29, 1.82) is 0 Å². The Hall–Kier alpha value is -3.22. The number of hydrogen-bond acceptors (Lipinski definition) is 3. The average Bonchev–Trinajstić information content (AvgIpc) is 3.62. The molecule has 7 heteroatoms. The fourth-order valence-electron chi connectivity index (χ4n) is 3.94. The van der Waals surface area contributed by atoms with E-state index in [-0.39, 0.29) is 23.8 Å². The van der Waals surface area contributed by atoms with Gasteiger partial charge in [-0.3, -0.25) is 14.4 Å². The van der Waals surface area contributed by atoms with Gasteiger partial charge in [0, 0.05) is 30.3 Å². The second kappa shape index (κ2) is 9.29. The van der Waals surface area contributed by atoms with Crippen molar-refractivity contribution in [2.75, 3.05) is 13.1 Å². The Kier molecular flexibility index (Phi) is 6.30. The van der Waals surface area contributed by atoms with Crippen LogP contribution in [0.15, 0.2) is 54.6 Å². The number of hydrogen-bond donors (Lipinski definition) is 2. The van der Waals surface area contributed by atoms with Gasteiger partial charge in [0.15, 0.2) is 0 Å². The van der Waals surface area contributed by atoms with Gasteiger partial charge in [0.05, 0.1) is 0 Å². The highest BCUT2D eigenvalue weighted by atomic mass is 19.1. The topological polar surface area (TPSA) is 78.5 Å². The van der Waals surface area contributed by atoms with E-state index in [0.29, 0.717) is 37.1 Å². The molecule has 1 aliphatic heterocycles. The van der Waals surface area contributed by atoms with E-state index in [4.69, 9.17) is 0 Å². The minimum Gasteiger partial charge on any atom is -0.352 e. The third-order valence-corrected chi connectivity index (χ3v) is 5.92. The standard InChI is InChI=1S/C24H26FN3O3/c25-19-8-6-17(7-9-19)22(29)27-21(23(30)26-20-10-11-20)16-12-14-28(15-13-16)24(31)18-4-2-1-3-5-18/h1-9,16,20-21H,10-15H2,(H,26,30)(H,27,29). The van der Waals surface area contributed by atoms with Gasteiger partial charge < -0.3 is 15.5 Å². The Morgan fingerprint density at radius 1 is 0.871 bits per heavy atom. The molecule has 162 valence electrons. The number of carbonyl (C=O) groups is 3. The number of halogens is 1. The lowest BCUT2D eigenvalue weighted by Gasteiger charge is -2.36. The maximum Gasteiger partial charge on any atom is 0.253 e. The van der Waals surface area contributed by atoms with E-state index < -0.39 is 17.8 Å². The maximum absolute atomic E-state index is 13.2. The van der Waals surface area contributed by atoms with E-state index >= 15 is 0 Å². The van der Waals surface area contributed by atoms with Crippen LogP contribution in [0, 0.1) is 11.7 Å². The molecule has 31 heavy (non-hydrogen) atoms. The van der Waals surface area contributed by atoms with Gasteiger partial charge in [0.1, 0.15) is 11.9 Å². The molecule has 2 aromatic carbocycles. The van der Waals surface area contributed by atoms with Crippen LogP contribution in [0.2, 0.25) is 0 Å². The van der Waals surface area contributed by atoms with Crippen molar-refractivity contribution in [2.24, 2.45) is 5.92 Å². The molecule has 2 fully saturated rings. The molecule has 1 atom stereocenters. The first kappa shape index (κ1) is 21.0. The molecule has 2 aromatic rings. The highest BCUT2D eigenvalue weighted by Gasteiger charge is 2.36. The summed E-state index contributed by atoms with van der Waals surface area (Å²) in [5.74, 6) is -1.11. The first-order valence-corrected chi connectivity index (χ1v) is 10.7. The number of benzene rings is 2. The Morgan fingerprint density at radius 2 is 1.52 bits per heavy atom. The number of nitrogens with zero attached hydrogens (tertiary/aromatic N) is 1. The van der Waals surface area contributed by atoms with Crippen molar-refractivity contribution in [1.82, 2.24) is 15.5 Å². The lowest BCUT2D eigenvalue weighted by molar-refractivity contribution is -0.124. The molecule has 1 heterocycles. The van der Waals surface area contributed by atoms with Crippen molar-refractivity contribution in [3.8, 4) is 0 Å². The number of piperidine rings is 1. The molecule has 1 unspecified atom stereocenters. The molecule has 2 N–H and O–H groups in total. The fraction of sp³-hybridized carbons (Fsp3) is 0.375. The van der Waals surface area contributed by atoms with E-state index in [0.717, 1.165) is 12.8 Å². The molecule has 0 bridgehead atoms. The molecular formula is C24H26FN3O3.